The van der Waals surface area contributed by atoms with Crippen LogP contribution in [0.25, 0.3) is 0 Å². The average molecular weight is 174 g/mol. The Morgan fingerprint density at radius 2 is 2.00 bits per heavy atom. The number of aryl methyl sites for hydroxylation is 1. The van der Waals surface area contributed by atoms with Gasteiger partial charge in [-0.1, -0.05) is 18.2 Å². The van der Waals surface area contributed by atoms with Gasteiger partial charge in [-0.05, 0) is 19.1 Å². The minimum Gasteiger partial charge on any atom is -0.426 e. The van der Waals surface area contributed by atoms with Crippen molar-refractivity contribution in [3.8, 4) is 11.8 Å². The van der Waals surface area contributed by atoms with Crippen LogP contribution in [-0.2, 0) is 0 Å². The van der Waals surface area contributed by atoms with E-state index in [2.05, 4.69) is 9.97 Å². The van der Waals surface area contributed by atoms with Gasteiger partial charge in [-0.3, -0.25) is 0 Å². The predicted octanol–water partition coefficient (Wildman–Crippen LogP) is 2.51. The number of nitrogens with zero attached hydrogens (tertiary/aromatic N) is 1. The molecule has 1 aromatic heterocycles. The highest BCUT2D eigenvalue weighted by Crippen LogP contribution is 2.16. The van der Waals surface area contributed by atoms with Crippen molar-refractivity contribution in [2.24, 2.45) is 0 Å². The zero-order valence-corrected chi connectivity index (χ0v) is 7.32. The van der Waals surface area contributed by atoms with Crippen LogP contribution in [0.4, 0.5) is 0 Å². The number of hydrogen-bond acceptors (Lipinski definition) is 2. The van der Waals surface area contributed by atoms with Crippen LogP contribution in [0, 0.1) is 6.92 Å². The van der Waals surface area contributed by atoms with Crippen molar-refractivity contribution in [3.63, 3.8) is 0 Å². The predicted molar refractivity (Wildman–Crippen MR) is 49.8 cm³/mol. The average Bonchev–Trinajstić information content (AvgIpc) is 2.53. The first kappa shape index (κ1) is 7.86. The summed E-state index contributed by atoms with van der Waals surface area (Å²) in [5.74, 6) is 0.789. The summed E-state index contributed by atoms with van der Waals surface area (Å²) in [7, 11) is 0. The first-order valence-electron chi connectivity index (χ1n) is 4.09. The third-order valence-electron chi connectivity index (χ3n) is 1.64. The van der Waals surface area contributed by atoms with E-state index in [0.29, 0.717) is 6.01 Å². The van der Waals surface area contributed by atoms with Crippen molar-refractivity contribution in [1.82, 2.24) is 9.97 Å². The van der Waals surface area contributed by atoms with E-state index in [0.717, 1.165) is 11.4 Å². The van der Waals surface area contributed by atoms with E-state index in [-0.39, 0.29) is 0 Å². The fourth-order valence-corrected chi connectivity index (χ4v) is 1.04. The highest BCUT2D eigenvalue weighted by atomic mass is 16.5. The van der Waals surface area contributed by atoms with Gasteiger partial charge in [0.15, 0.2) is 0 Å². The van der Waals surface area contributed by atoms with Crippen LogP contribution in [0.2, 0.25) is 0 Å². The Bertz CT molecular complexity index is 381. The smallest absolute Gasteiger partial charge is 0.299 e. The van der Waals surface area contributed by atoms with Crippen molar-refractivity contribution in [2.75, 3.05) is 0 Å². The zero-order chi connectivity index (χ0) is 9.10. The molecule has 0 saturated heterocycles. The Morgan fingerprint density at radius 3 is 2.62 bits per heavy atom. The van der Waals surface area contributed by atoms with Crippen molar-refractivity contribution < 1.29 is 4.74 Å². The number of para-hydroxylation sites is 1. The number of hydrogen-bond donors (Lipinski definition) is 1. The molecule has 0 atom stereocenters. The number of benzene rings is 1. The first-order chi connectivity index (χ1) is 6.34. The molecule has 2 rings (SSSR count). The Balaban J connectivity index is 2.15. The second-order valence-electron chi connectivity index (χ2n) is 2.79. The molecule has 3 nitrogen and oxygen atoms in total. The van der Waals surface area contributed by atoms with Crippen LogP contribution in [0.5, 0.6) is 11.8 Å². The number of rotatable bonds is 2. The molecule has 2 aromatic rings. The summed E-state index contributed by atoms with van der Waals surface area (Å²) in [5.41, 5.74) is 0.992. The van der Waals surface area contributed by atoms with Gasteiger partial charge in [-0.15, -0.1) is 0 Å². The summed E-state index contributed by atoms with van der Waals surface area (Å²) >= 11 is 0. The second kappa shape index (κ2) is 3.31. The molecule has 1 aromatic carbocycles. The zero-order valence-electron chi connectivity index (χ0n) is 7.32. The van der Waals surface area contributed by atoms with Crippen molar-refractivity contribution >= 4 is 0 Å². The molecule has 0 aliphatic carbocycles. The topological polar surface area (TPSA) is 37.9 Å². The molecule has 13 heavy (non-hydrogen) atoms. The summed E-state index contributed by atoms with van der Waals surface area (Å²) < 4.78 is 5.43. The molecule has 0 aliphatic rings. The minimum atomic E-state index is 0.531. The van der Waals surface area contributed by atoms with Crippen LogP contribution in [-0.4, -0.2) is 9.97 Å². The van der Waals surface area contributed by atoms with E-state index in [1.807, 2.05) is 37.3 Å². The van der Waals surface area contributed by atoms with E-state index in [1.165, 1.54) is 0 Å². The third kappa shape index (κ3) is 1.87. The maximum absolute atomic E-state index is 5.43. The molecule has 0 saturated carbocycles. The Labute approximate surface area is 76.4 Å². The van der Waals surface area contributed by atoms with Crippen LogP contribution in [0.15, 0.2) is 36.5 Å². The molecular weight excluding hydrogens is 164 g/mol. The first-order valence-corrected chi connectivity index (χ1v) is 4.09. The lowest BCUT2D eigenvalue weighted by Crippen LogP contribution is -1.84. The lowest BCUT2D eigenvalue weighted by atomic mass is 10.3. The van der Waals surface area contributed by atoms with Crippen molar-refractivity contribution in [2.45, 2.75) is 6.92 Å². The van der Waals surface area contributed by atoms with E-state index in [9.17, 15) is 0 Å². The number of ether oxygens (including phenoxy) is 1. The molecule has 1 N–H and O–H groups in total. The molecule has 66 valence electrons. The lowest BCUT2D eigenvalue weighted by Gasteiger charge is -1.99. The molecule has 0 bridgehead atoms. The van der Waals surface area contributed by atoms with E-state index in [1.54, 1.807) is 6.20 Å². The molecule has 0 amide bonds. The Morgan fingerprint density at radius 1 is 1.23 bits per heavy atom. The van der Waals surface area contributed by atoms with Gasteiger partial charge in [0, 0.05) is 5.69 Å². The molecular formula is C10H10N2O. The van der Waals surface area contributed by atoms with Crippen LogP contribution in [0.3, 0.4) is 0 Å². The van der Waals surface area contributed by atoms with Gasteiger partial charge in [0.2, 0.25) is 0 Å². The Kier molecular flexibility index (Phi) is 2.00. The van der Waals surface area contributed by atoms with Crippen LogP contribution >= 0.6 is 0 Å². The number of aromatic nitrogens is 2. The molecule has 0 fully saturated rings. The molecule has 0 spiro atoms. The van der Waals surface area contributed by atoms with E-state index < -0.39 is 0 Å². The standard InChI is InChI=1S/C10H10N2O/c1-8-7-11-10(12-8)13-9-5-3-2-4-6-9/h2-7H,1H3,(H,11,12). The van der Waals surface area contributed by atoms with E-state index in [4.69, 9.17) is 4.74 Å². The van der Waals surface area contributed by atoms with Gasteiger partial charge < -0.3 is 9.72 Å². The van der Waals surface area contributed by atoms with Gasteiger partial charge in [-0.25, -0.2) is 4.98 Å². The molecule has 0 radical (unpaired) electrons. The summed E-state index contributed by atoms with van der Waals surface area (Å²) in [5, 5.41) is 0. The van der Waals surface area contributed by atoms with Gasteiger partial charge >= 0.3 is 0 Å². The highest BCUT2D eigenvalue weighted by molar-refractivity contribution is 5.24. The summed E-state index contributed by atoms with van der Waals surface area (Å²) in [6, 6.07) is 10.1. The van der Waals surface area contributed by atoms with Crippen molar-refractivity contribution in [3.05, 3.63) is 42.2 Å². The second-order valence-corrected chi connectivity index (χ2v) is 2.79. The van der Waals surface area contributed by atoms with Gasteiger partial charge in [0.25, 0.3) is 6.01 Å². The molecule has 0 unspecified atom stereocenters. The number of H-pyrrole nitrogens is 1. The minimum absolute atomic E-state index is 0.531. The normalized spacial score (nSPS) is 9.92. The highest BCUT2D eigenvalue weighted by Gasteiger charge is 1.98. The number of aromatic amines is 1. The van der Waals surface area contributed by atoms with Gasteiger partial charge in [0.05, 0.1) is 6.20 Å². The summed E-state index contributed by atoms with van der Waals surface area (Å²) in [4.78, 5) is 7.02. The van der Waals surface area contributed by atoms with Crippen LogP contribution in [0.1, 0.15) is 5.69 Å². The summed E-state index contributed by atoms with van der Waals surface area (Å²) in [6.07, 6.45) is 1.73. The molecule has 3 heteroatoms. The SMILES string of the molecule is Cc1cnc(Oc2ccccc2)[nH]1. The monoisotopic (exact) mass is 174 g/mol. The number of nitrogens with one attached hydrogen (secondary N) is 1. The third-order valence-corrected chi connectivity index (χ3v) is 1.64. The fraction of sp³-hybridized carbons (Fsp3) is 0.100. The van der Waals surface area contributed by atoms with Gasteiger partial charge in [0.1, 0.15) is 5.75 Å². The maximum atomic E-state index is 5.43. The van der Waals surface area contributed by atoms with Crippen LogP contribution < -0.4 is 4.74 Å². The number of imidazole rings is 1. The molecule has 0 aliphatic heterocycles. The van der Waals surface area contributed by atoms with E-state index >= 15 is 0 Å². The Hall–Kier alpha value is -1.77. The van der Waals surface area contributed by atoms with Crippen molar-refractivity contribution in [1.29, 1.82) is 0 Å². The van der Waals surface area contributed by atoms with Gasteiger partial charge in [-0.2, -0.15) is 0 Å². The maximum Gasteiger partial charge on any atom is 0.299 e. The fourth-order valence-electron chi connectivity index (χ4n) is 1.04. The summed E-state index contributed by atoms with van der Waals surface area (Å²) in [6.45, 7) is 1.94. The quantitative estimate of drug-likeness (QED) is 0.759. The lowest BCUT2D eigenvalue weighted by molar-refractivity contribution is 0.447. The molecule has 1 heterocycles. The largest absolute Gasteiger partial charge is 0.426 e.